The second-order valence-electron chi connectivity index (χ2n) is 6.66. The summed E-state index contributed by atoms with van der Waals surface area (Å²) >= 11 is 0. The van der Waals surface area contributed by atoms with Gasteiger partial charge < -0.3 is 5.32 Å². The molecule has 0 bridgehead atoms. The van der Waals surface area contributed by atoms with E-state index in [2.05, 4.69) is 46.4 Å². The zero-order chi connectivity index (χ0) is 16.8. The Hall–Kier alpha value is -2.20. The topological polar surface area (TPSA) is 45.2 Å². The number of pyridine rings is 1. The number of rotatable bonds is 5. The van der Waals surface area contributed by atoms with Crippen LogP contribution in [0.1, 0.15) is 34.3 Å². The average molecular weight is 323 g/mol. The van der Waals surface area contributed by atoms with E-state index < -0.39 is 0 Å². The first kappa shape index (κ1) is 16.7. The molecule has 1 aromatic carbocycles. The predicted octanol–water partition coefficient (Wildman–Crippen LogP) is 3.03. The fourth-order valence-electron chi connectivity index (χ4n) is 3.25. The minimum absolute atomic E-state index is 0.0229. The summed E-state index contributed by atoms with van der Waals surface area (Å²) in [7, 11) is 0. The molecule has 3 rings (SSSR count). The highest BCUT2D eigenvalue weighted by Crippen LogP contribution is 2.19. The van der Waals surface area contributed by atoms with Gasteiger partial charge in [-0.05, 0) is 56.5 Å². The van der Waals surface area contributed by atoms with Gasteiger partial charge >= 0.3 is 0 Å². The number of nitrogens with one attached hydrogen (secondary N) is 1. The Kier molecular flexibility index (Phi) is 5.59. The Morgan fingerprint density at radius 1 is 1.25 bits per heavy atom. The van der Waals surface area contributed by atoms with Crippen molar-refractivity contribution in [2.75, 3.05) is 19.6 Å². The van der Waals surface area contributed by atoms with Crippen molar-refractivity contribution in [2.24, 2.45) is 5.92 Å². The van der Waals surface area contributed by atoms with Crippen LogP contribution in [0.15, 0.2) is 48.8 Å². The second kappa shape index (κ2) is 8.06. The lowest BCUT2D eigenvalue weighted by Gasteiger charge is -2.32. The van der Waals surface area contributed by atoms with Crippen molar-refractivity contribution in [2.45, 2.75) is 26.3 Å². The molecule has 24 heavy (non-hydrogen) atoms. The Bertz CT molecular complexity index is 664. The van der Waals surface area contributed by atoms with E-state index in [4.69, 9.17) is 0 Å². The Morgan fingerprint density at radius 3 is 2.79 bits per heavy atom. The van der Waals surface area contributed by atoms with Gasteiger partial charge in [-0.15, -0.1) is 0 Å². The van der Waals surface area contributed by atoms with Crippen LogP contribution in [0.5, 0.6) is 0 Å². The molecule has 0 spiro atoms. The Morgan fingerprint density at radius 2 is 2.08 bits per heavy atom. The van der Waals surface area contributed by atoms with Crippen molar-refractivity contribution < 1.29 is 4.79 Å². The summed E-state index contributed by atoms with van der Waals surface area (Å²) in [6.07, 6.45) is 5.57. The number of amides is 1. The molecule has 1 saturated heterocycles. The summed E-state index contributed by atoms with van der Waals surface area (Å²) in [6.45, 7) is 6.12. The van der Waals surface area contributed by atoms with Gasteiger partial charge in [0.2, 0.25) is 0 Å². The minimum atomic E-state index is -0.0229. The first-order valence-corrected chi connectivity index (χ1v) is 8.67. The van der Waals surface area contributed by atoms with Crippen molar-refractivity contribution in [3.8, 4) is 0 Å². The zero-order valence-electron chi connectivity index (χ0n) is 14.2. The van der Waals surface area contributed by atoms with Crippen molar-refractivity contribution >= 4 is 5.91 Å². The lowest BCUT2D eigenvalue weighted by molar-refractivity contribution is 0.0935. The monoisotopic (exact) mass is 323 g/mol. The van der Waals surface area contributed by atoms with Gasteiger partial charge in [0, 0.05) is 25.5 Å². The molecule has 2 heterocycles. The maximum Gasteiger partial charge on any atom is 0.252 e. The molecule has 2 aromatic rings. The molecule has 0 atom stereocenters. The quantitative estimate of drug-likeness (QED) is 0.920. The minimum Gasteiger partial charge on any atom is -0.352 e. The highest BCUT2D eigenvalue weighted by molar-refractivity contribution is 5.93. The van der Waals surface area contributed by atoms with Crippen LogP contribution in [-0.2, 0) is 6.54 Å². The maximum atomic E-state index is 12.1. The molecule has 0 unspecified atom stereocenters. The van der Waals surface area contributed by atoms with E-state index in [1.807, 2.05) is 0 Å². The molecule has 0 aliphatic carbocycles. The van der Waals surface area contributed by atoms with Crippen LogP contribution in [0, 0.1) is 12.8 Å². The number of aromatic nitrogens is 1. The van der Waals surface area contributed by atoms with Gasteiger partial charge in [-0.3, -0.25) is 14.7 Å². The van der Waals surface area contributed by atoms with E-state index in [0.717, 1.165) is 39.0 Å². The number of piperidine rings is 1. The summed E-state index contributed by atoms with van der Waals surface area (Å²) in [6, 6.07) is 12.3. The molecule has 4 heteroatoms. The summed E-state index contributed by atoms with van der Waals surface area (Å²) < 4.78 is 0. The average Bonchev–Trinajstić information content (AvgIpc) is 2.62. The van der Waals surface area contributed by atoms with Crippen LogP contribution in [0.25, 0.3) is 0 Å². The number of likely N-dealkylation sites (tertiary alicyclic amines) is 1. The van der Waals surface area contributed by atoms with Gasteiger partial charge in [-0.1, -0.05) is 29.8 Å². The smallest absolute Gasteiger partial charge is 0.252 e. The Labute approximate surface area is 143 Å². The molecule has 126 valence electrons. The van der Waals surface area contributed by atoms with E-state index in [0.29, 0.717) is 11.5 Å². The third-order valence-corrected chi connectivity index (χ3v) is 4.67. The maximum absolute atomic E-state index is 12.1. The van der Waals surface area contributed by atoms with Crippen LogP contribution < -0.4 is 5.32 Å². The molecular formula is C20H25N3O. The lowest BCUT2D eigenvalue weighted by atomic mass is 9.96. The highest BCUT2D eigenvalue weighted by atomic mass is 16.1. The van der Waals surface area contributed by atoms with Crippen molar-refractivity contribution in [1.82, 2.24) is 15.2 Å². The first-order valence-electron chi connectivity index (χ1n) is 8.67. The molecule has 1 aromatic heterocycles. The van der Waals surface area contributed by atoms with E-state index >= 15 is 0 Å². The number of hydrogen-bond acceptors (Lipinski definition) is 3. The van der Waals surface area contributed by atoms with Crippen LogP contribution in [0.2, 0.25) is 0 Å². The largest absolute Gasteiger partial charge is 0.352 e. The number of carbonyl (C=O) groups is 1. The van der Waals surface area contributed by atoms with E-state index in [9.17, 15) is 4.79 Å². The summed E-state index contributed by atoms with van der Waals surface area (Å²) in [4.78, 5) is 18.6. The van der Waals surface area contributed by atoms with E-state index in [1.54, 1.807) is 24.5 Å². The number of aryl methyl sites for hydroxylation is 1. The summed E-state index contributed by atoms with van der Waals surface area (Å²) in [5.41, 5.74) is 3.34. The molecule has 4 nitrogen and oxygen atoms in total. The Balaban J connectivity index is 1.41. The molecule has 1 fully saturated rings. The predicted molar refractivity (Wildman–Crippen MR) is 95.8 cm³/mol. The van der Waals surface area contributed by atoms with E-state index in [-0.39, 0.29) is 5.91 Å². The van der Waals surface area contributed by atoms with Crippen LogP contribution in [-0.4, -0.2) is 35.4 Å². The van der Waals surface area contributed by atoms with Crippen molar-refractivity contribution in [1.29, 1.82) is 0 Å². The van der Waals surface area contributed by atoms with E-state index in [1.165, 1.54) is 11.1 Å². The molecule has 0 saturated carbocycles. The lowest BCUT2D eigenvalue weighted by Crippen LogP contribution is -2.38. The van der Waals surface area contributed by atoms with Gasteiger partial charge in [0.1, 0.15) is 0 Å². The van der Waals surface area contributed by atoms with Crippen LogP contribution in [0.4, 0.5) is 0 Å². The van der Waals surface area contributed by atoms with Gasteiger partial charge in [0.05, 0.1) is 5.56 Å². The number of nitrogens with zero attached hydrogens (tertiary/aromatic N) is 2. The number of benzene rings is 1. The summed E-state index contributed by atoms with van der Waals surface area (Å²) in [5.74, 6) is 0.546. The molecular weight excluding hydrogens is 298 g/mol. The van der Waals surface area contributed by atoms with Gasteiger partial charge in [-0.25, -0.2) is 0 Å². The molecule has 1 aliphatic rings. The summed E-state index contributed by atoms with van der Waals surface area (Å²) in [5, 5.41) is 3.04. The van der Waals surface area contributed by atoms with Crippen molar-refractivity contribution in [3.63, 3.8) is 0 Å². The van der Waals surface area contributed by atoms with Crippen molar-refractivity contribution in [3.05, 3.63) is 65.5 Å². The third kappa shape index (κ3) is 4.65. The SMILES string of the molecule is Cc1cccc(CN2CCC(CNC(=O)c3cccnc3)CC2)c1. The molecule has 1 aliphatic heterocycles. The van der Waals surface area contributed by atoms with Crippen LogP contribution in [0.3, 0.4) is 0 Å². The number of carbonyl (C=O) groups excluding carboxylic acids is 1. The standard InChI is InChI=1S/C20H25N3O/c1-16-4-2-5-18(12-16)15-23-10-7-17(8-11-23)13-22-20(24)19-6-3-9-21-14-19/h2-6,9,12,14,17H,7-8,10-11,13,15H2,1H3,(H,22,24). The normalized spacial score (nSPS) is 16.0. The molecule has 1 amide bonds. The molecule has 0 radical (unpaired) electrons. The third-order valence-electron chi connectivity index (χ3n) is 4.67. The van der Waals surface area contributed by atoms with Gasteiger partial charge in [0.25, 0.3) is 5.91 Å². The number of hydrogen-bond donors (Lipinski definition) is 1. The van der Waals surface area contributed by atoms with Crippen LogP contribution >= 0.6 is 0 Å². The second-order valence-corrected chi connectivity index (χ2v) is 6.66. The fraction of sp³-hybridized carbons (Fsp3) is 0.400. The van der Waals surface area contributed by atoms with Gasteiger partial charge in [-0.2, -0.15) is 0 Å². The fourth-order valence-corrected chi connectivity index (χ4v) is 3.25. The molecule has 1 N–H and O–H groups in total. The zero-order valence-corrected chi connectivity index (χ0v) is 14.2. The first-order chi connectivity index (χ1) is 11.7. The highest BCUT2D eigenvalue weighted by Gasteiger charge is 2.20. The van der Waals surface area contributed by atoms with Gasteiger partial charge in [0.15, 0.2) is 0 Å².